The van der Waals surface area contributed by atoms with Crippen LogP contribution in [0.3, 0.4) is 0 Å². The van der Waals surface area contributed by atoms with Gasteiger partial charge in [0.2, 0.25) is 11.8 Å². The van der Waals surface area contributed by atoms with Gasteiger partial charge < -0.3 is 10.1 Å². The minimum Gasteiger partial charge on any atom is -0.478 e. The zero-order chi connectivity index (χ0) is 14.4. The first-order chi connectivity index (χ1) is 9.71. The summed E-state index contributed by atoms with van der Waals surface area (Å²) in [4.78, 5) is 11.5. The van der Waals surface area contributed by atoms with E-state index in [0.717, 1.165) is 25.1 Å². The molecule has 0 aliphatic heterocycles. The van der Waals surface area contributed by atoms with E-state index < -0.39 is 0 Å². The van der Waals surface area contributed by atoms with E-state index in [4.69, 9.17) is 4.74 Å². The summed E-state index contributed by atoms with van der Waals surface area (Å²) in [7, 11) is 0. The van der Waals surface area contributed by atoms with Crippen molar-refractivity contribution in [3.8, 4) is 5.88 Å². The van der Waals surface area contributed by atoms with E-state index >= 15 is 0 Å². The van der Waals surface area contributed by atoms with Crippen molar-refractivity contribution in [1.29, 1.82) is 0 Å². The monoisotopic (exact) mass is 291 g/mol. The molecule has 4 nitrogen and oxygen atoms in total. The van der Waals surface area contributed by atoms with Crippen LogP contribution in [0.4, 0.5) is 5.95 Å². The Kier molecular flexibility index (Phi) is 5.35. The molecule has 0 amide bonds. The Morgan fingerprint density at radius 3 is 2.70 bits per heavy atom. The molecule has 0 aliphatic rings. The number of anilines is 1. The predicted molar refractivity (Wildman–Crippen MR) is 83.6 cm³/mol. The van der Waals surface area contributed by atoms with Gasteiger partial charge in [-0.05, 0) is 31.9 Å². The first-order valence-electron chi connectivity index (χ1n) is 7.01. The SMILES string of the molecule is CCCOc1cc(C)nc(NCc2ccc(CC)s2)n1. The van der Waals surface area contributed by atoms with Crippen molar-refractivity contribution in [3.05, 3.63) is 33.6 Å². The summed E-state index contributed by atoms with van der Waals surface area (Å²) in [6, 6.07) is 6.19. The summed E-state index contributed by atoms with van der Waals surface area (Å²) < 4.78 is 5.56. The van der Waals surface area contributed by atoms with Crippen LogP contribution in [0.15, 0.2) is 18.2 Å². The lowest BCUT2D eigenvalue weighted by atomic mass is 10.3. The molecule has 0 spiro atoms. The molecule has 20 heavy (non-hydrogen) atoms. The number of nitrogens with one attached hydrogen (secondary N) is 1. The van der Waals surface area contributed by atoms with Crippen LogP contribution in [-0.4, -0.2) is 16.6 Å². The highest BCUT2D eigenvalue weighted by molar-refractivity contribution is 7.12. The van der Waals surface area contributed by atoms with Crippen LogP contribution in [0.25, 0.3) is 0 Å². The number of rotatable bonds is 7. The van der Waals surface area contributed by atoms with Crippen LogP contribution >= 0.6 is 11.3 Å². The van der Waals surface area contributed by atoms with Crippen molar-refractivity contribution >= 4 is 17.3 Å². The van der Waals surface area contributed by atoms with Crippen LogP contribution in [0, 0.1) is 6.92 Å². The molecule has 0 unspecified atom stereocenters. The van der Waals surface area contributed by atoms with Gasteiger partial charge in [-0.1, -0.05) is 13.8 Å². The maximum Gasteiger partial charge on any atom is 0.226 e. The maximum absolute atomic E-state index is 5.56. The lowest BCUT2D eigenvalue weighted by molar-refractivity contribution is 0.305. The molecule has 2 heterocycles. The van der Waals surface area contributed by atoms with E-state index in [-0.39, 0.29) is 0 Å². The minimum atomic E-state index is 0.627. The maximum atomic E-state index is 5.56. The van der Waals surface area contributed by atoms with E-state index in [1.165, 1.54) is 9.75 Å². The van der Waals surface area contributed by atoms with Crippen LogP contribution in [0.2, 0.25) is 0 Å². The Morgan fingerprint density at radius 1 is 1.20 bits per heavy atom. The van der Waals surface area contributed by atoms with Crippen LogP contribution in [0.5, 0.6) is 5.88 Å². The quantitative estimate of drug-likeness (QED) is 0.842. The Balaban J connectivity index is 1.99. The molecule has 0 saturated carbocycles. The lowest BCUT2D eigenvalue weighted by Gasteiger charge is -2.08. The molecule has 0 aliphatic carbocycles. The van der Waals surface area contributed by atoms with Gasteiger partial charge in [0, 0.05) is 21.5 Å². The lowest BCUT2D eigenvalue weighted by Crippen LogP contribution is -2.06. The third kappa shape index (κ3) is 4.20. The standard InChI is InChI=1S/C15H21N3OS/c1-4-8-19-14-9-11(3)17-15(18-14)16-10-13-7-6-12(5-2)20-13/h6-7,9H,4-5,8,10H2,1-3H3,(H,16,17,18). The molecule has 0 radical (unpaired) electrons. The number of aromatic nitrogens is 2. The smallest absolute Gasteiger partial charge is 0.226 e. The normalized spacial score (nSPS) is 10.6. The predicted octanol–water partition coefficient (Wildman–Crippen LogP) is 3.81. The zero-order valence-electron chi connectivity index (χ0n) is 12.3. The van der Waals surface area contributed by atoms with E-state index in [1.807, 2.05) is 24.3 Å². The largest absolute Gasteiger partial charge is 0.478 e. The van der Waals surface area contributed by atoms with E-state index in [9.17, 15) is 0 Å². The van der Waals surface area contributed by atoms with Crippen LogP contribution in [-0.2, 0) is 13.0 Å². The topological polar surface area (TPSA) is 47.0 Å². The number of nitrogens with zero attached hydrogens (tertiary/aromatic N) is 2. The molecule has 0 aromatic carbocycles. The fourth-order valence-corrected chi connectivity index (χ4v) is 2.67. The van der Waals surface area contributed by atoms with Gasteiger partial charge in [-0.15, -0.1) is 11.3 Å². The Hall–Kier alpha value is -1.62. The first-order valence-corrected chi connectivity index (χ1v) is 7.82. The van der Waals surface area contributed by atoms with Gasteiger partial charge in [0.05, 0.1) is 13.2 Å². The first kappa shape index (κ1) is 14.8. The average molecular weight is 291 g/mol. The number of ether oxygens (including phenoxy) is 1. The summed E-state index contributed by atoms with van der Waals surface area (Å²) in [5.74, 6) is 1.27. The molecule has 1 N–H and O–H groups in total. The molecule has 2 aromatic heterocycles. The van der Waals surface area contributed by atoms with Crippen molar-refractivity contribution in [3.63, 3.8) is 0 Å². The molecule has 0 bridgehead atoms. The molecule has 2 rings (SSSR count). The average Bonchev–Trinajstić information content (AvgIpc) is 2.90. The molecule has 108 valence electrons. The molecular formula is C15H21N3OS. The molecule has 0 fully saturated rings. The van der Waals surface area contributed by atoms with E-state index in [2.05, 4.69) is 41.3 Å². The van der Waals surface area contributed by atoms with Gasteiger partial charge in [0.1, 0.15) is 0 Å². The Bertz CT molecular complexity index is 554. The molecule has 5 heteroatoms. The second-order valence-corrected chi connectivity index (χ2v) is 5.85. The number of thiophene rings is 1. The fraction of sp³-hybridized carbons (Fsp3) is 0.467. The highest BCUT2D eigenvalue weighted by Gasteiger charge is 2.04. The van der Waals surface area contributed by atoms with Gasteiger partial charge >= 0.3 is 0 Å². The Morgan fingerprint density at radius 2 is 2.00 bits per heavy atom. The summed E-state index contributed by atoms with van der Waals surface area (Å²) in [5, 5.41) is 3.26. The Labute approximate surface area is 124 Å². The van der Waals surface area contributed by atoms with Gasteiger partial charge in [-0.25, -0.2) is 4.98 Å². The van der Waals surface area contributed by atoms with Crippen molar-refractivity contribution < 1.29 is 4.74 Å². The highest BCUT2D eigenvalue weighted by atomic mass is 32.1. The van der Waals surface area contributed by atoms with E-state index in [0.29, 0.717) is 18.4 Å². The highest BCUT2D eigenvalue weighted by Crippen LogP contribution is 2.18. The number of hydrogen-bond acceptors (Lipinski definition) is 5. The number of aryl methyl sites for hydroxylation is 2. The molecular weight excluding hydrogens is 270 g/mol. The van der Waals surface area contributed by atoms with Crippen LogP contribution in [0.1, 0.15) is 35.7 Å². The minimum absolute atomic E-state index is 0.627. The van der Waals surface area contributed by atoms with E-state index in [1.54, 1.807) is 0 Å². The zero-order valence-corrected chi connectivity index (χ0v) is 13.1. The summed E-state index contributed by atoms with van der Waals surface area (Å²) in [6.45, 7) is 7.63. The second kappa shape index (κ2) is 7.24. The summed E-state index contributed by atoms with van der Waals surface area (Å²) >= 11 is 1.83. The van der Waals surface area contributed by atoms with Gasteiger partial charge in [0.25, 0.3) is 0 Å². The molecule has 2 aromatic rings. The third-order valence-electron chi connectivity index (χ3n) is 2.77. The second-order valence-electron chi connectivity index (χ2n) is 4.59. The van der Waals surface area contributed by atoms with Crippen molar-refractivity contribution in [2.75, 3.05) is 11.9 Å². The fourth-order valence-electron chi connectivity index (χ4n) is 1.77. The van der Waals surface area contributed by atoms with Gasteiger partial charge in [-0.2, -0.15) is 4.98 Å². The van der Waals surface area contributed by atoms with Crippen LogP contribution < -0.4 is 10.1 Å². The van der Waals surface area contributed by atoms with Gasteiger partial charge in [-0.3, -0.25) is 0 Å². The summed E-state index contributed by atoms with van der Waals surface area (Å²) in [6.07, 6.45) is 2.06. The van der Waals surface area contributed by atoms with Gasteiger partial charge in [0.15, 0.2) is 0 Å². The van der Waals surface area contributed by atoms with Crippen molar-refractivity contribution in [2.45, 2.75) is 40.2 Å². The summed E-state index contributed by atoms with van der Waals surface area (Å²) in [5.41, 5.74) is 0.911. The molecule has 0 saturated heterocycles. The number of hydrogen-bond donors (Lipinski definition) is 1. The van der Waals surface area contributed by atoms with Crippen molar-refractivity contribution in [1.82, 2.24) is 9.97 Å². The third-order valence-corrected chi connectivity index (χ3v) is 4.00. The molecule has 0 atom stereocenters. The van der Waals surface area contributed by atoms with Crippen molar-refractivity contribution in [2.24, 2.45) is 0 Å².